The number of nitrogens with one attached hydrogen (secondary N) is 1. The average Bonchev–Trinajstić information content (AvgIpc) is 3.01. The van der Waals surface area contributed by atoms with E-state index in [4.69, 9.17) is 17.3 Å². The molecule has 0 aliphatic heterocycles. The molecule has 0 saturated carbocycles. The van der Waals surface area contributed by atoms with E-state index in [0.29, 0.717) is 22.1 Å². The Bertz CT molecular complexity index is 828. The Morgan fingerprint density at radius 1 is 1.29 bits per heavy atom. The second-order valence-corrected chi connectivity index (χ2v) is 8.41. The van der Waals surface area contributed by atoms with Gasteiger partial charge in [0, 0.05) is 20.0 Å². The third-order valence-corrected chi connectivity index (χ3v) is 5.99. The van der Waals surface area contributed by atoms with E-state index in [-0.39, 0.29) is 5.91 Å². The Kier molecular flexibility index (Phi) is 4.21. The molecule has 3 rings (SSSR count). The SMILES string of the molecule is Nc1c(C(=O)NCc2ccc(Br)s2)sc2ccc(Cl)cc12. The Morgan fingerprint density at radius 2 is 2.10 bits per heavy atom. The molecule has 0 radical (unpaired) electrons. The van der Waals surface area contributed by atoms with Gasteiger partial charge in [-0.05, 0) is 46.3 Å². The van der Waals surface area contributed by atoms with E-state index >= 15 is 0 Å². The molecule has 0 atom stereocenters. The molecule has 108 valence electrons. The van der Waals surface area contributed by atoms with E-state index in [9.17, 15) is 4.79 Å². The number of carbonyl (C=O) groups excluding carboxylic acids is 1. The molecule has 0 saturated heterocycles. The number of fused-ring (bicyclic) bond motifs is 1. The number of hydrogen-bond acceptors (Lipinski definition) is 4. The molecule has 2 aromatic heterocycles. The quantitative estimate of drug-likeness (QED) is 0.656. The molecule has 0 fully saturated rings. The highest BCUT2D eigenvalue weighted by Crippen LogP contribution is 2.35. The van der Waals surface area contributed by atoms with Crippen molar-refractivity contribution in [3.63, 3.8) is 0 Å². The van der Waals surface area contributed by atoms with Gasteiger partial charge in [-0.15, -0.1) is 22.7 Å². The van der Waals surface area contributed by atoms with Crippen LogP contribution in [0.3, 0.4) is 0 Å². The van der Waals surface area contributed by atoms with Gasteiger partial charge in [0.25, 0.3) is 5.91 Å². The third kappa shape index (κ3) is 3.08. The first kappa shape index (κ1) is 14.8. The first-order valence-electron chi connectivity index (χ1n) is 6.04. The van der Waals surface area contributed by atoms with E-state index in [2.05, 4.69) is 21.2 Å². The van der Waals surface area contributed by atoms with Crippen LogP contribution in [0.4, 0.5) is 5.69 Å². The maximum Gasteiger partial charge on any atom is 0.263 e. The Morgan fingerprint density at radius 3 is 2.81 bits per heavy atom. The van der Waals surface area contributed by atoms with Gasteiger partial charge in [0.2, 0.25) is 0 Å². The molecule has 2 heterocycles. The van der Waals surface area contributed by atoms with Crippen molar-refractivity contribution < 1.29 is 4.79 Å². The number of benzene rings is 1. The summed E-state index contributed by atoms with van der Waals surface area (Å²) in [4.78, 5) is 13.9. The van der Waals surface area contributed by atoms with Gasteiger partial charge in [-0.3, -0.25) is 4.79 Å². The number of nitrogens with two attached hydrogens (primary N) is 1. The minimum absolute atomic E-state index is 0.158. The molecule has 0 aliphatic carbocycles. The van der Waals surface area contributed by atoms with E-state index in [1.165, 1.54) is 11.3 Å². The first-order chi connectivity index (χ1) is 10.0. The number of carbonyl (C=O) groups is 1. The monoisotopic (exact) mass is 400 g/mol. The van der Waals surface area contributed by atoms with Gasteiger partial charge in [-0.25, -0.2) is 0 Å². The van der Waals surface area contributed by atoms with Crippen LogP contribution < -0.4 is 11.1 Å². The van der Waals surface area contributed by atoms with Gasteiger partial charge in [-0.1, -0.05) is 11.6 Å². The lowest BCUT2D eigenvalue weighted by Gasteiger charge is -2.02. The first-order valence-corrected chi connectivity index (χ1v) is 8.85. The zero-order valence-electron chi connectivity index (χ0n) is 10.7. The standard InChI is InChI=1S/C14H10BrClN2OS2/c15-11-4-2-8(20-11)6-18-14(19)13-12(17)9-5-7(16)1-3-10(9)21-13/h1-5H,6,17H2,(H,18,19). The molecule has 3 aromatic rings. The van der Waals surface area contributed by atoms with E-state index < -0.39 is 0 Å². The summed E-state index contributed by atoms with van der Waals surface area (Å²) in [6.45, 7) is 0.490. The van der Waals surface area contributed by atoms with Crippen molar-refractivity contribution in [1.82, 2.24) is 5.32 Å². The summed E-state index contributed by atoms with van der Waals surface area (Å²) in [5, 5.41) is 4.34. The molecular formula is C14H10BrClN2OS2. The Labute approximate surface area is 142 Å². The summed E-state index contributed by atoms with van der Waals surface area (Å²) in [5.41, 5.74) is 6.56. The molecule has 0 unspecified atom stereocenters. The fourth-order valence-electron chi connectivity index (χ4n) is 1.95. The second kappa shape index (κ2) is 5.96. The molecule has 7 heteroatoms. The van der Waals surface area contributed by atoms with Crippen molar-refractivity contribution in [3.8, 4) is 0 Å². The van der Waals surface area contributed by atoms with Gasteiger partial charge >= 0.3 is 0 Å². The molecule has 0 aliphatic rings. The van der Waals surface area contributed by atoms with Crippen molar-refractivity contribution in [2.75, 3.05) is 5.73 Å². The summed E-state index contributed by atoms with van der Waals surface area (Å²) in [7, 11) is 0. The smallest absolute Gasteiger partial charge is 0.263 e. The van der Waals surface area contributed by atoms with Crippen LogP contribution in [0.15, 0.2) is 34.1 Å². The van der Waals surface area contributed by atoms with Gasteiger partial charge in [0.15, 0.2) is 0 Å². The normalized spacial score (nSPS) is 11.0. The summed E-state index contributed by atoms with van der Waals surface area (Å²) in [6.07, 6.45) is 0. The van der Waals surface area contributed by atoms with Crippen molar-refractivity contribution >= 4 is 71.9 Å². The number of hydrogen-bond donors (Lipinski definition) is 2. The van der Waals surface area contributed by atoms with Gasteiger partial charge in [-0.2, -0.15) is 0 Å². The number of nitrogen functional groups attached to an aromatic ring is 1. The molecule has 0 bridgehead atoms. The van der Waals surface area contributed by atoms with Crippen LogP contribution in [0, 0.1) is 0 Å². The minimum Gasteiger partial charge on any atom is -0.397 e. The molecule has 0 spiro atoms. The van der Waals surface area contributed by atoms with Crippen molar-refractivity contribution in [1.29, 1.82) is 0 Å². The van der Waals surface area contributed by atoms with Gasteiger partial charge in [0.1, 0.15) is 4.88 Å². The zero-order chi connectivity index (χ0) is 15.0. The lowest BCUT2D eigenvalue weighted by atomic mass is 10.2. The highest BCUT2D eigenvalue weighted by atomic mass is 79.9. The van der Waals surface area contributed by atoms with Crippen LogP contribution >= 0.6 is 50.2 Å². The number of thiophene rings is 2. The Balaban J connectivity index is 1.82. The van der Waals surface area contributed by atoms with Gasteiger partial charge in [0.05, 0.1) is 16.0 Å². The fraction of sp³-hybridized carbons (Fsp3) is 0.0714. The number of halogens is 2. The number of rotatable bonds is 3. The van der Waals surface area contributed by atoms with E-state index in [1.807, 2.05) is 18.2 Å². The number of anilines is 1. The summed E-state index contributed by atoms with van der Waals surface area (Å²) in [6, 6.07) is 9.40. The maximum absolute atomic E-state index is 12.3. The van der Waals surface area contributed by atoms with E-state index in [0.717, 1.165) is 18.7 Å². The second-order valence-electron chi connectivity index (χ2n) is 4.37. The molecule has 3 nitrogen and oxygen atoms in total. The largest absolute Gasteiger partial charge is 0.397 e. The minimum atomic E-state index is -0.158. The highest BCUT2D eigenvalue weighted by Gasteiger charge is 2.16. The predicted molar refractivity (Wildman–Crippen MR) is 94.4 cm³/mol. The third-order valence-electron chi connectivity index (χ3n) is 2.95. The highest BCUT2D eigenvalue weighted by molar-refractivity contribution is 9.11. The van der Waals surface area contributed by atoms with Crippen LogP contribution in [-0.4, -0.2) is 5.91 Å². The summed E-state index contributed by atoms with van der Waals surface area (Å²) >= 11 is 12.3. The van der Waals surface area contributed by atoms with Gasteiger partial charge < -0.3 is 11.1 Å². The predicted octanol–water partition coefficient (Wildman–Crippen LogP) is 4.89. The molecule has 21 heavy (non-hydrogen) atoms. The van der Waals surface area contributed by atoms with Crippen LogP contribution in [0.1, 0.15) is 14.5 Å². The van der Waals surface area contributed by atoms with Crippen LogP contribution in [0.5, 0.6) is 0 Å². The molecule has 3 N–H and O–H groups in total. The van der Waals surface area contributed by atoms with E-state index in [1.54, 1.807) is 23.5 Å². The van der Waals surface area contributed by atoms with Crippen molar-refractivity contribution in [3.05, 3.63) is 48.9 Å². The van der Waals surface area contributed by atoms with Crippen LogP contribution in [0.25, 0.3) is 10.1 Å². The van der Waals surface area contributed by atoms with Crippen molar-refractivity contribution in [2.45, 2.75) is 6.54 Å². The topological polar surface area (TPSA) is 55.1 Å². The number of amides is 1. The fourth-order valence-corrected chi connectivity index (χ4v) is 4.57. The van der Waals surface area contributed by atoms with Crippen molar-refractivity contribution in [2.24, 2.45) is 0 Å². The lowest BCUT2D eigenvalue weighted by Crippen LogP contribution is -2.22. The Hall–Kier alpha value is -1.08. The molecular weight excluding hydrogens is 392 g/mol. The van der Waals surface area contributed by atoms with Crippen LogP contribution in [-0.2, 0) is 6.54 Å². The summed E-state index contributed by atoms with van der Waals surface area (Å²) in [5.74, 6) is -0.158. The average molecular weight is 402 g/mol. The summed E-state index contributed by atoms with van der Waals surface area (Å²) < 4.78 is 2.00. The maximum atomic E-state index is 12.3. The molecule has 1 amide bonds. The molecule has 1 aromatic carbocycles. The lowest BCUT2D eigenvalue weighted by molar-refractivity contribution is 0.0956. The van der Waals surface area contributed by atoms with Crippen LogP contribution in [0.2, 0.25) is 5.02 Å². The zero-order valence-corrected chi connectivity index (χ0v) is 14.6.